The van der Waals surface area contributed by atoms with E-state index >= 15 is 0 Å². The van der Waals surface area contributed by atoms with Crippen LogP contribution in [0.1, 0.15) is 43.5 Å². The third kappa shape index (κ3) is 4.92. The van der Waals surface area contributed by atoms with Crippen molar-refractivity contribution in [3.05, 3.63) is 28.5 Å². The summed E-state index contributed by atoms with van der Waals surface area (Å²) in [5.74, 6) is -0.871. The highest BCUT2D eigenvalue weighted by atomic mass is 35.5. The number of urea groups is 1. The number of nitrogens with one attached hydrogen (secondary N) is 2. The molecule has 0 unspecified atom stereocenters. The highest BCUT2D eigenvalue weighted by molar-refractivity contribution is 6.33. The number of ether oxygens (including phenoxy) is 1. The molecule has 1 aliphatic rings. The van der Waals surface area contributed by atoms with Gasteiger partial charge in [0.2, 0.25) is 0 Å². The van der Waals surface area contributed by atoms with Crippen molar-refractivity contribution in [1.82, 2.24) is 5.32 Å². The van der Waals surface area contributed by atoms with Crippen LogP contribution in [0.2, 0.25) is 5.02 Å². The first-order valence-electron chi connectivity index (χ1n) is 7.68. The molecule has 8 heteroatoms. The van der Waals surface area contributed by atoms with Gasteiger partial charge < -0.3 is 10.1 Å². The maximum Gasteiger partial charge on any atom is 0.339 e. The number of hydrogen-bond acceptors (Lipinski definition) is 4. The monoisotopic (exact) mass is 355 g/mol. The second-order valence-corrected chi connectivity index (χ2v) is 6.04. The van der Waals surface area contributed by atoms with Gasteiger partial charge in [-0.25, -0.2) is 14.0 Å². The maximum absolute atomic E-state index is 14.0. The molecule has 0 atom stereocenters. The Morgan fingerprint density at radius 2 is 2.04 bits per heavy atom. The second kappa shape index (κ2) is 8.10. The van der Waals surface area contributed by atoms with Gasteiger partial charge in [-0.05, 0) is 38.8 Å². The number of nitrogens with zero attached hydrogens (tertiary/aromatic N) is 1. The van der Waals surface area contributed by atoms with Crippen molar-refractivity contribution in [3.63, 3.8) is 0 Å². The topological polar surface area (TPSA) is 79.8 Å². The van der Waals surface area contributed by atoms with Crippen LogP contribution in [0, 0.1) is 5.82 Å². The SMILES string of the molecule is CC(C)OC(=O)c1cc(NC(=O)NC2=NCCCC2)c(F)cc1Cl. The van der Waals surface area contributed by atoms with Gasteiger partial charge in [0.25, 0.3) is 0 Å². The molecule has 0 spiro atoms. The number of anilines is 1. The van der Waals surface area contributed by atoms with Gasteiger partial charge in [0, 0.05) is 13.0 Å². The maximum atomic E-state index is 14.0. The number of carbonyl (C=O) groups is 2. The lowest BCUT2D eigenvalue weighted by Gasteiger charge is -2.15. The average Bonchev–Trinajstić information content (AvgIpc) is 2.50. The Bertz CT molecular complexity index is 677. The number of hydrogen-bond donors (Lipinski definition) is 2. The molecule has 1 aromatic rings. The molecule has 2 amide bonds. The number of esters is 1. The van der Waals surface area contributed by atoms with Crippen molar-refractivity contribution < 1.29 is 18.7 Å². The molecule has 0 saturated heterocycles. The minimum absolute atomic E-state index is 0.0166. The Hall–Kier alpha value is -2.15. The zero-order chi connectivity index (χ0) is 17.7. The fourth-order valence-electron chi connectivity index (χ4n) is 2.16. The molecule has 0 aliphatic carbocycles. The van der Waals surface area contributed by atoms with Gasteiger partial charge in [0.1, 0.15) is 11.7 Å². The third-order valence-electron chi connectivity index (χ3n) is 3.25. The van der Waals surface area contributed by atoms with Crippen molar-refractivity contribution >= 4 is 35.1 Å². The zero-order valence-corrected chi connectivity index (χ0v) is 14.2. The molecule has 24 heavy (non-hydrogen) atoms. The summed E-state index contributed by atoms with van der Waals surface area (Å²) in [6.07, 6.45) is 2.25. The Morgan fingerprint density at radius 1 is 1.29 bits per heavy atom. The molecule has 1 aliphatic heterocycles. The number of amidine groups is 1. The van der Waals surface area contributed by atoms with E-state index in [0.29, 0.717) is 18.8 Å². The molecule has 6 nitrogen and oxygen atoms in total. The summed E-state index contributed by atoms with van der Waals surface area (Å²) in [4.78, 5) is 28.1. The fraction of sp³-hybridized carbons (Fsp3) is 0.438. The van der Waals surface area contributed by atoms with Crippen LogP contribution in [0.15, 0.2) is 17.1 Å². The molecule has 2 N–H and O–H groups in total. The molecular formula is C16H19ClFN3O3. The lowest BCUT2D eigenvalue weighted by atomic mass is 10.2. The van der Waals surface area contributed by atoms with E-state index in [1.54, 1.807) is 13.8 Å². The summed E-state index contributed by atoms with van der Waals surface area (Å²) < 4.78 is 19.0. The van der Waals surface area contributed by atoms with Crippen LogP contribution in [-0.4, -0.2) is 30.5 Å². The van der Waals surface area contributed by atoms with E-state index < -0.39 is 17.8 Å². The predicted octanol–water partition coefficient (Wildman–Crippen LogP) is 3.75. The largest absolute Gasteiger partial charge is 0.459 e. The van der Waals surface area contributed by atoms with E-state index in [1.165, 1.54) is 0 Å². The minimum Gasteiger partial charge on any atom is -0.459 e. The van der Waals surface area contributed by atoms with E-state index in [2.05, 4.69) is 15.6 Å². The summed E-state index contributed by atoms with van der Waals surface area (Å²) in [6, 6.07) is 1.50. The number of rotatable bonds is 3. The number of benzene rings is 1. The summed E-state index contributed by atoms with van der Waals surface area (Å²) in [5, 5.41) is 4.85. The molecule has 130 valence electrons. The number of carbonyl (C=O) groups excluding carboxylic acids is 2. The van der Waals surface area contributed by atoms with Crippen molar-refractivity contribution in [2.24, 2.45) is 4.99 Å². The smallest absolute Gasteiger partial charge is 0.339 e. The van der Waals surface area contributed by atoms with Gasteiger partial charge in [0.15, 0.2) is 0 Å². The molecule has 0 fully saturated rings. The third-order valence-corrected chi connectivity index (χ3v) is 3.56. The van der Waals surface area contributed by atoms with Crippen LogP contribution < -0.4 is 10.6 Å². The summed E-state index contributed by atoms with van der Waals surface area (Å²) in [5.41, 5.74) is -0.180. The number of amides is 2. The van der Waals surface area contributed by atoms with E-state index in [-0.39, 0.29) is 22.4 Å². The quantitative estimate of drug-likeness (QED) is 0.810. The molecule has 0 aromatic heterocycles. The van der Waals surface area contributed by atoms with E-state index in [4.69, 9.17) is 16.3 Å². The van der Waals surface area contributed by atoms with Gasteiger partial charge in [0.05, 0.1) is 22.4 Å². The first-order chi connectivity index (χ1) is 11.4. The van der Waals surface area contributed by atoms with Gasteiger partial charge in [-0.3, -0.25) is 10.3 Å². The molecule has 2 rings (SSSR count). The molecule has 0 radical (unpaired) electrons. The highest BCUT2D eigenvalue weighted by Crippen LogP contribution is 2.25. The molecule has 0 bridgehead atoms. The lowest BCUT2D eigenvalue weighted by molar-refractivity contribution is 0.0378. The van der Waals surface area contributed by atoms with Gasteiger partial charge in [-0.1, -0.05) is 11.6 Å². The van der Waals surface area contributed by atoms with E-state index in [0.717, 1.165) is 25.0 Å². The van der Waals surface area contributed by atoms with Crippen molar-refractivity contribution in [3.8, 4) is 0 Å². The van der Waals surface area contributed by atoms with Crippen LogP contribution in [-0.2, 0) is 4.74 Å². The van der Waals surface area contributed by atoms with Gasteiger partial charge in [-0.2, -0.15) is 0 Å². The average molecular weight is 356 g/mol. The van der Waals surface area contributed by atoms with E-state index in [1.807, 2.05) is 0 Å². The van der Waals surface area contributed by atoms with Crippen molar-refractivity contribution in [1.29, 1.82) is 0 Å². The van der Waals surface area contributed by atoms with Crippen LogP contribution in [0.5, 0.6) is 0 Å². The zero-order valence-electron chi connectivity index (χ0n) is 13.5. The Balaban J connectivity index is 2.12. The minimum atomic E-state index is -0.748. The van der Waals surface area contributed by atoms with E-state index in [9.17, 15) is 14.0 Å². The Kier molecular flexibility index (Phi) is 6.14. The van der Waals surface area contributed by atoms with Crippen molar-refractivity contribution in [2.45, 2.75) is 39.2 Å². The standard InChI is InChI=1S/C16H19ClFN3O3/c1-9(2)24-15(22)10-7-13(12(18)8-11(10)17)20-16(23)21-14-5-3-4-6-19-14/h7-9H,3-6H2,1-2H3,(H2,19,20,21,23). The summed E-state index contributed by atoms with van der Waals surface area (Å²) in [7, 11) is 0. The molecule has 1 aromatic carbocycles. The summed E-state index contributed by atoms with van der Waals surface area (Å²) in [6.45, 7) is 4.04. The van der Waals surface area contributed by atoms with Crippen LogP contribution in [0.4, 0.5) is 14.9 Å². The highest BCUT2D eigenvalue weighted by Gasteiger charge is 2.19. The van der Waals surface area contributed by atoms with Gasteiger partial charge in [-0.15, -0.1) is 0 Å². The first kappa shape index (κ1) is 18.2. The first-order valence-corrected chi connectivity index (χ1v) is 8.06. The number of halogens is 2. The Labute approximate surface area is 144 Å². The normalized spacial score (nSPS) is 14.1. The molecule has 0 saturated carbocycles. The molecule has 1 heterocycles. The fourth-order valence-corrected chi connectivity index (χ4v) is 2.39. The summed E-state index contributed by atoms with van der Waals surface area (Å²) >= 11 is 5.88. The lowest BCUT2D eigenvalue weighted by Crippen LogP contribution is -2.35. The van der Waals surface area contributed by atoms with Crippen LogP contribution in [0.25, 0.3) is 0 Å². The second-order valence-electron chi connectivity index (χ2n) is 5.63. The Morgan fingerprint density at radius 3 is 2.67 bits per heavy atom. The van der Waals surface area contributed by atoms with Crippen LogP contribution in [0.3, 0.4) is 0 Å². The molecular weight excluding hydrogens is 337 g/mol. The van der Waals surface area contributed by atoms with Crippen molar-refractivity contribution in [2.75, 3.05) is 11.9 Å². The number of aliphatic imine (C=N–C) groups is 1. The van der Waals surface area contributed by atoms with Crippen LogP contribution >= 0.6 is 11.6 Å². The predicted molar refractivity (Wildman–Crippen MR) is 90.3 cm³/mol. The van der Waals surface area contributed by atoms with Gasteiger partial charge >= 0.3 is 12.0 Å².